The first-order valence-corrected chi connectivity index (χ1v) is 9.79. The van der Waals surface area contributed by atoms with E-state index in [9.17, 15) is 0 Å². The highest BCUT2D eigenvalue weighted by Gasteiger charge is 2.28. The van der Waals surface area contributed by atoms with Crippen LogP contribution in [0.2, 0.25) is 5.28 Å². The Hall–Kier alpha value is -0.520. The molecule has 2 atom stereocenters. The Morgan fingerprint density at radius 3 is 3.00 bits per heavy atom. The molecule has 1 N–H and O–H groups in total. The van der Waals surface area contributed by atoms with Crippen LogP contribution in [-0.2, 0) is 6.42 Å². The lowest BCUT2D eigenvalue weighted by Crippen LogP contribution is -2.26. The maximum absolute atomic E-state index is 6.10. The molecular formula is C15H20ClN3S2. The van der Waals surface area contributed by atoms with E-state index in [0.717, 1.165) is 22.5 Å². The average molecular weight is 342 g/mol. The van der Waals surface area contributed by atoms with Crippen molar-refractivity contribution in [1.82, 2.24) is 9.97 Å². The molecule has 1 saturated carbocycles. The Morgan fingerprint density at radius 2 is 2.24 bits per heavy atom. The fourth-order valence-electron chi connectivity index (χ4n) is 2.91. The van der Waals surface area contributed by atoms with Crippen molar-refractivity contribution in [3.05, 3.63) is 16.2 Å². The van der Waals surface area contributed by atoms with Crippen molar-refractivity contribution in [2.45, 2.75) is 50.8 Å². The van der Waals surface area contributed by atoms with Crippen molar-refractivity contribution in [1.29, 1.82) is 0 Å². The second-order valence-electron chi connectivity index (χ2n) is 5.30. The van der Waals surface area contributed by atoms with Crippen molar-refractivity contribution in [3.8, 4) is 0 Å². The number of aromatic nitrogens is 2. The van der Waals surface area contributed by atoms with E-state index in [2.05, 4.69) is 35.2 Å². The van der Waals surface area contributed by atoms with Crippen molar-refractivity contribution < 1.29 is 0 Å². The molecule has 3 nitrogen and oxygen atoms in total. The minimum Gasteiger partial charge on any atom is -0.366 e. The second-order valence-corrected chi connectivity index (χ2v) is 8.27. The van der Waals surface area contributed by atoms with Gasteiger partial charge in [-0.15, -0.1) is 11.3 Å². The molecule has 0 radical (unpaired) electrons. The molecule has 1 fully saturated rings. The van der Waals surface area contributed by atoms with Gasteiger partial charge in [0.15, 0.2) is 0 Å². The van der Waals surface area contributed by atoms with E-state index in [0.29, 0.717) is 16.6 Å². The summed E-state index contributed by atoms with van der Waals surface area (Å²) in [6.07, 6.45) is 4.82. The standard InChI is InChI=1S/C15H20ClN3S2/c1-3-9-8-10-13(18-15(16)19-14(10)21-9)17-11-6-5-7-12(11)20-4-2/h8,11-12H,3-7H2,1-2H3,(H,17,18,19). The molecule has 21 heavy (non-hydrogen) atoms. The zero-order chi connectivity index (χ0) is 14.8. The maximum Gasteiger partial charge on any atom is 0.225 e. The van der Waals surface area contributed by atoms with Gasteiger partial charge in [0, 0.05) is 16.2 Å². The lowest BCUT2D eigenvalue weighted by atomic mass is 10.2. The van der Waals surface area contributed by atoms with E-state index >= 15 is 0 Å². The first-order chi connectivity index (χ1) is 10.2. The number of thioether (sulfide) groups is 1. The topological polar surface area (TPSA) is 37.8 Å². The summed E-state index contributed by atoms with van der Waals surface area (Å²) in [6, 6.07) is 2.70. The molecule has 0 spiro atoms. The summed E-state index contributed by atoms with van der Waals surface area (Å²) < 4.78 is 0. The maximum atomic E-state index is 6.10. The number of halogens is 1. The molecule has 2 heterocycles. The van der Waals surface area contributed by atoms with Crippen LogP contribution in [0.5, 0.6) is 0 Å². The van der Waals surface area contributed by atoms with Crippen molar-refractivity contribution in [2.24, 2.45) is 0 Å². The number of thiophene rings is 1. The molecule has 0 aliphatic heterocycles. The van der Waals surface area contributed by atoms with Gasteiger partial charge in [-0.05, 0) is 42.7 Å². The second kappa shape index (κ2) is 6.71. The van der Waals surface area contributed by atoms with Gasteiger partial charge in [-0.2, -0.15) is 11.8 Å². The van der Waals surface area contributed by atoms with Gasteiger partial charge in [0.1, 0.15) is 10.6 Å². The summed E-state index contributed by atoms with van der Waals surface area (Å²) >= 11 is 9.86. The van der Waals surface area contributed by atoms with Gasteiger partial charge in [-0.1, -0.05) is 20.3 Å². The van der Waals surface area contributed by atoms with Crippen molar-refractivity contribution in [2.75, 3.05) is 11.1 Å². The van der Waals surface area contributed by atoms with Crippen LogP contribution >= 0.6 is 34.7 Å². The molecular weight excluding hydrogens is 322 g/mol. The molecule has 6 heteroatoms. The van der Waals surface area contributed by atoms with E-state index in [4.69, 9.17) is 11.6 Å². The van der Waals surface area contributed by atoms with Crippen LogP contribution < -0.4 is 5.32 Å². The number of fused-ring (bicyclic) bond motifs is 1. The predicted octanol–water partition coefficient (Wildman–Crippen LogP) is 4.99. The Bertz CT molecular complexity index is 629. The van der Waals surface area contributed by atoms with E-state index in [1.807, 2.05) is 11.8 Å². The number of hydrogen-bond acceptors (Lipinski definition) is 5. The SMILES string of the molecule is CCSC1CCCC1Nc1nc(Cl)nc2sc(CC)cc12. The summed E-state index contributed by atoms with van der Waals surface area (Å²) in [4.78, 5) is 11.1. The van der Waals surface area contributed by atoms with E-state index in [-0.39, 0.29) is 0 Å². The highest BCUT2D eigenvalue weighted by Crippen LogP contribution is 2.35. The average Bonchev–Trinajstić information content (AvgIpc) is 3.06. The molecule has 2 aromatic rings. The van der Waals surface area contributed by atoms with Gasteiger partial charge < -0.3 is 5.32 Å². The Morgan fingerprint density at radius 1 is 1.38 bits per heavy atom. The number of anilines is 1. The highest BCUT2D eigenvalue weighted by molar-refractivity contribution is 7.99. The van der Waals surface area contributed by atoms with Gasteiger partial charge in [0.25, 0.3) is 0 Å². The molecule has 0 bridgehead atoms. The van der Waals surface area contributed by atoms with Crippen molar-refractivity contribution in [3.63, 3.8) is 0 Å². The van der Waals surface area contributed by atoms with Crippen LogP contribution in [0.1, 0.15) is 38.0 Å². The summed E-state index contributed by atoms with van der Waals surface area (Å²) in [5.41, 5.74) is 0. The molecule has 1 aliphatic carbocycles. The van der Waals surface area contributed by atoms with Crippen LogP contribution in [-0.4, -0.2) is 27.0 Å². The minimum absolute atomic E-state index is 0.340. The van der Waals surface area contributed by atoms with Gasteiger partial charge in [-0.25, -0.2) is 9.97 Å². The van der Waals surface area contributed by atoms with Crippen molar-refractivity contribution >= 4 is 50.7 Å². The Kier molecular flexibility index (Phi) is 4.92. The zero-order valence-electron chi connectivity index (χ0n) is 12.4. The fourth-order valence-corrected chi connectivity index (χ4v) is 5.29. The third kappa shape index (κ3) is 3.30. The molecule has 0 saturated heterocycles. The van der Waals surface area contributed by atoms with Crippen LogP contribution in [0.4, 0.5) is 5.82 Å². The highest BCUT2D eigenvalue weighted by atomic mass is 35.5. The number of hydrogen-bond donors (Lipinski definition) is 1. The molecule has 2 aromatic heterocycles. The monoisotopic (exact) mass is 341 g/mol. The third-order valence-corrected chi connectivity index (χ3v) is 6.59. The lowest BCUT2D eigenvalue weighted by Gasteiger charge is -2.21. The Labute approximate surface area is 138 Å². The summed E-state index contributed by atoms with van der Waals surface area (Å²) in [6.45, 7) is 4.39. The first kappa shape index (κ1) is 15.4. The number of nitrogens with one attached hydrogen (secondary N) is 1. The molecule has 0 aromatic carbocycles. The van der Waals surface area contributed by atoms with Crippen LogP contribution in [0.25, 0.3) is 10.2 Å². The largest absolute Gasteiger partial charge is 0.366 e. The smallest absolute Gasteiger partial charge is 0.225 e. The van der Waals surface area contributed by atoms with E-state index < -0.39 is 0 Å². The number of aryl methyl sites for hydroxylation is 1. The first-order valence-electron chi connectivity index (χ1n) is 7.55. The van der Waals surface area contributed by atoms with Crippen LogP contribution in [0, 0.1) is 0 Å². The van der Waals surface area contributed by atoms with Crippen LogP contribution in [0.15, 0.2) is 6.07 Å². The minimum atomic E-state index is 0.340. The number of rotatable bonds is 5. The Balaban J connectivity index is 1.90. The van der Waals surface area contributed by atoms with E-state index in [1.165, 1.54) is 29.9 Å². The summed E-state index contributed by atoms with van der Waals surface area (Å²) in [5, 5.41) is 5.79. The van der Waals surface area contributed by atoms with Crippen LogP contribution in [0.3, 0.4) is 0 Å². The fraction of sp³-hybridized carbons (Fsp3) is 0.600. The lowest BCUT2D eigenvalue weighted by molar-refractivity contribution is 0.763. The molecule has 114 valence electrons. The molecule has 3 rings (SSSR count). The van der Waals surface area contributed by atoms with Gasteiger partial charge >= 0.3 is 0 Å². The molecule has 1 aliphatic rings. The van der Waals surface area contributed by atoms with Gasteiger partial charge in [0.05, 0.1) is 5.39 Å². The van der Waals surface area contributed by atoms with E-state index in [1.54, 1.807) is 11.3 Å². The quantitative estimate of drug-likeness (QED) is 0.777. The summed E-state index contributed by atoms with van der Waals surface area (Å²) in [5.74, 6) is 2.08. The van der Waals surface area contributed by atoms with Gasteiger partial charge in [-0.3, -0.25) is 0 Å². The predicted molar refractivity (Wildman–Crippen MR) is 95.0 cm³/mol. The summed E-state index contributed by atoms with van der Waals surface area (Å²) in [7, 11) is 0. The van der Waals surface area contributed by atoms with Gasteiger partial charge in [0.2, 0.25) is 5.28 Å². The molecule has 0 amide bonds. The number of nitrogens with zero attached hydrogens (tertiary/aromatic N) is 2. The normalized spacial score (nSPS) is 22.0. The third-order valence-electron chi connectivity index (χ3n) is 3.92. The molecule has 2 unspecified atom stereocenters. The zero-order valence-corrected chi connectivity index (χ0v) is 14.7.